The molecule has 7 nitrogen and oxygen atoms in total. The molecule has 176 valence electrons. The molecular weight excluding hydrogens is 482 g/mol. The maximum atomic E-state index is 13.7. The van der Waals surface area contributed by atoms with Gasteiger partial charge in [-0.15, -0.1) is 0 Å². The second-order valence-electron chi connectivity index (χ2n) is 7.67. The topological polar surface area (TPSA) is 73.0 Å². The number of fused-ring (bicyclic) bond motifs is 1. The van der Waals surface area contributed by atoms with Gasteiger partial charge in [-0.3, -0.25) is 4.79 Å². The number of aromatic nitrogens is 3. The van der Waals surface area contributed by atoms with E-state index in [1.165, 1.54) is 29.2 Å². The van der Waals surface area contributed by atoms with Gasteiger partial charge in [0.25, 0.3) is 5.91 Å². The quantitative estimate of drug-likeness (QED) is 0.508. The van der Waals surface area contributed by atoms with E-state index < -0.39 is 17.8 Å². The Morgan fingerprint density at radius 1 is 1.15 bits per heavy atom. The third kappa shape index (κ3) is 5.57. The zero-order chi connectivity index (χ0) is 23.6. The van der Waals surface area contributed by atoms with Gasteiger partial charge in [0.1, 0.15) is 13.1 Å². The third-order valence-corrected chi connectivity index (χ3v) is 6.10. The number of carbonyl (C=O) groups is 1. The zero-order valence-electron chi connectivity index (χ0n) is 17.4. The Balaban J connectivity index is 1.55. The van der Waals surface area contributed by atoms with Gasteiger partial charge in [0.2, 0.25) is 0 Å². The number of rotatable bonds is 6. The van der Waals surface area contributed by atoms with E-state index in [1.54, 1.807) is 0 Å². The van der Waals surface area contributed by atoms with E-state index in [0.717, 1.165) is 45.3 Å². The predicted molar refractivity (Wildman–Crippen MR) is 117 cm³/mol. The number of nitrogens with one attached hydrogen (secondary N) is 2. The van der Waals surface area contributed by atoms with Gasteiger partial charge in [-0.1, -0.05) is 29.3 Å². The third-order valence-electron chi connectivity index (χ3n) is 5.36. The van der Waals surface area contributed by atoms with Crippen LogP contribution in [-0.4, -0.2) is 59.9 Å². The van der Waals surface area contributed by atoms with Crippen molar-refractivity contribution in [1.82, 2.24) is 19.9 Å². The van der Waals surface area contributed by atoms with Crippen molar-refractivity contribution in [3.63, 3.8) is 0 Å². The Labute approximate surface area is 197 Å². The summed E-state index contributed by atoms with van der Waals surface area (Å²) in [6, 6.07) is 6.54. The highest BCUT2D eigenvalue weighted by Crippen LogP contribution is 2.34. The summed E-state index contributed by atoms with van der Waals surface area (Å²) in [4.78, 5) is 18.2. The maximum Gasteiger partial charge on any atom is 0.433 e. The van der Waals surface area contributed by atoms with Gasteiger partial charge in [0.05, 0.1) is 35.5 Å². The fourth-order valence-electron chi connectivity index (χ4n) is 3.63. The largest absolute Gasteiger partial charge is 0.433 e. The van der Waals surface area contributed by atoms with Crippen molar-refractivity contribution in [1.29, 1.82) is 0 Å². The van der Waals surface area contributed by atoms with Crippen molar-refractivity contribution in [3.8, 4) is 11.3 Å². The lowest BCUT2D eigenvalue weighted by molar-refractivity contribution is -0.908. The molecule has 1 amide bonds. The van der Waals surface area contributed by atoms with Crippen LogP contribution in [-0.2, 0) is 10.9 Å². The number of nitrogens with zero attached hydrogens (tertiary/aromatic N) is 3. The van der Waals surface area contributed by atoms with Crippen molar-refractivity contribution in [2.75, 3.05) is 39.4 Å². The number of morpholine rings is 1. The van der Waals surface area contributed by atoms with E-state index in [9.17, 15) is 18.0 Å². The summed E-state index contributed by atoms with van der Waals surface area (Å²) in [5.74, 6) is -0.554. The highest BCUT2D eigenvalue weighted by molar-refractivity contribution is 6.42. The Hall–Kier alpha value is -2.40. The molecule has 2 aromatic heterocycles. The molecule has 0 radical (unpaired) electrons. The van der Waals surface area contributed by atoms with Crippen LogP contribution in [0.3, 0.4) is 0 Å². The molecule has 0 spiro atoms. The summed E-state index contributed by atoms with van der Waals surface area (Å²) < 4.78 is 47.2. The van der Waals surface area contributed by atoms with Crippen LogP contribution in [0.5, 0.6) is 0 Å². The molecule has 0 unspecified atom stereocenters. The van der Waals surface area contributed by atoms with Gasteiger partial charge < -0.3 is 15.0 Å². The summed E-state index contributed by atoms with van der Waals surface area (Å²) >= 11 is 11.9. The Kier molecular flexibility index (Phi) is 7.08. The molecule has 1 aliphatic rings. The first-order valence-corrected chi connectivity index (χ1v) is 11.1. The van der Waals surface area contributed by atoms with E-state index >= 15 is 0 Å². The monoisotopic (exact) mass is 502 g/mol. The van der Waals surface area contributed by atoms with E-state index in [-0.39, 0.29) is 27.1 Å². The smallest absolute Gasteiger partial charge is 0.370 e. The summed E-state index contributed by atoms with van der Waals surface area (Å²) in [6.45, 7) is 4.57. The van der Waals surface area contributed by atoms with Gasteiger partial charge in [-0.05, 0) is 18.2 Å². The Morgan fingerprint density at radius 3 is 2.61 bits per heavy atom. The van der Waals surface area contributed by atoms with Crippen LogP contribution in [0.2, 0.25) is 10.0 Å². The minimum atomic E-state index is -4.72. The minimum Gasteiger partial charge on any atom is -0.370 e. The zero-order valence-corrected chi connectivity index (χ0v) is 18.9. The van der Waals surface area contributed by atoms with Gasteiger partial charge in [0, 0.05) is 24.6 Å². The van der Waals surface area contributed by atoms with Crippen molar-refractivity contribution in [2.45, 2.75) is 12.6 Å². The molecule has 12 heteroatoms. The van der Waals surface area contributed by atoms with E-state index in [4.69, 9.17) is 27.9 Å². The van der Waals surface area contributed by atoms with Crippen molar-refractivity contribution in [2.24, 2.45) is 0 Å². The lowest BCUT2D eigenvalue weighted by atomic mass is 10.1. The molecule has 3 heterocycles. The molecule has 0 atom stereocenters. The number of ether oxygens (including phenoxy) is 1. The fraction of sp³-hybridized carbons (Fsp3) is 0.381. The number of halogens is 5. The van der Waals surface area contributed by atoms with E-state index in [1.807, 2.05) is 0 Å². The summed E-state index contributed by atoms with van der Waals surface area (Å²) in [5, 5.41) is 7.05. The number of amides is 1. The van der Waals surface area contributed by atoms with E-state index in [2.05, 4.69) is 15.4 Å². The van der Waals surface area contributed by atoms with Crippen molar-refractivity contribution in [3.05, 3.63) is 51.8 Å². The molecule has 33 heavy (non-hydrogen) atoms. The Bertz CT molecular complexity index is 1160. The highest BCUT2D eigenvalue weighted by atomic mass is 35.5. The summed E-state index contributed by atoms with van der Waals surface area (Å²) in [5.41, 5.74) is -0.903. The second-order valence-corrected chi connectivity index (χ2v) is 8.49. The molecule has 0 bridgehead atoms. The number of hydrogen-bond acceptors (Lipinski definition) is 4. The molecule has 3 aromatic rings. The average molecular weight is 503 g/mol. The van der Waals surface area contributed by atoms with Crippen LogP contribution in [0, 0.1) is 0 Å². The standard InChI is InChI=1S/C21H20Cl2F3N5O2/c22-14-3-2-13(10-15(14)23)16-11-18(21(24,25)26)31-19(28-16)12-17(29-31)20(32)27-4-1-5-30-6-8-33-9-7-30/h2-3,10-12H,1,4-9H2,(H,27,32)/p+1. The van der Waals surface area contributed by atoms with Crippen LogP contribution in [0.4, 0.5) is 13.2 Å². The second kappa shape index (κ2) is 9.84. The molecular formula is C21H21Cl2F3N5O2+. The molecule has 1 aliphatic heterocycles. The number of carbonyl (C=O) groups excluding carboxylic acids is 1. The summed E-state index contributed by atoms with van der Waals surface area (Å²) in [7, 11) is 0. The number of quaternary nitrogens is 1. The lowest BCUT2D eigenvalue weighted by Crippen LogP contribution is -3.14. The van der Waals surface area contributed by atoms with Gasteiger partial charge in [-0.2, -0.15) is 18.3 Å². The fourth-order valence-corrected chi connectivity index (χ4v) is 3.93. The minimum absolute atomic E-state index is 0.0359. The van der Waals surface area contributed by atoms with Crippen LogP contribution >= 0.6 is 23.2 Å². The Morgan fingerprint density at radius 2 is 1.91 bits per heavy atom. The molecule has 1 saturated heterocycles. The first-order valence-electron chi connectivity index (χ1n) is 10.4. The SMILES string of the molecule is O=C(NCCC[NH+]1CCOCC1)c1cc2nc(-c3ccc(Cl)c(Cl)c3)cc(C(F)(F)F)n2n1. The molecule has 1 fully saturated rings. The first-order chi connectivity index (χ1) is 15.7. The number of benzene rings is 1. The van der Waals surface area contributed by atoms with Gasteiger partial charge in [-0.25, -0.2) is 9.50 Å². The normalized spacial score (nSPS) is 15.2. The number of hydrogen-bond donors (Lipinski definition) is 2. The van der Waals surface area contributed by atoms with Crippen LogP contribution in [0.25, 0.3) is 16.9 Å². The molecule has 2 N–H and O–H groups in total. The van der Waals surface area contributed by atoms with Crippen LogP contribution in [0.15, 0.2) is 30.3 Å². The van der Waals surface area contributed by atoms with Crippen LogP contribution in [0.1, 0.15) is 22.6 Å². The van der Waals surface area contributed by atoms with Crippen LogP contribution < -0.4 is 10.2 Å². The molecule has 4 rings (SSSR count). The summed E-state index contributed by atoms with van der Waals surface area (Å²) in [6.07, 6.45) is -3.98. The van der Waals surface area contributed by atoms with Gasteiger partial charge in [0.15, 0.2) is 17.0 Å². The van der Waals surface area contributed by atoms with E-state index in [0.29, 0.717) is 16.6 Å². The van der Waals surface area contributed by atoms with Crippen molar-refractivity contribution < 1.29 is 27.6 Å². The predicted octanol–water partition coefficient (Wildman–Crippen LogP) is 2.76. The maximum absolute atomic E-state index is 13.7. The molecule has 1 aromatic carbocycles. The lowest BCUT2D eigenvalue weighted by Gasteiger charge is -2.23. The first kappa shape index (κ1) is 23.7. The van der Waals surface area contributed by atoms with Gasteiger partial charge >= 0.3 is 6.18 Å². The highest BCUT2D eigenvalue weighted by Gasteiger charge is 2.35. The molecule has 0 aliphatic carbocycles. The average Bonchev–Trinajstić information content (AvgIpc) is 3.22. The molecule has 0 saturated carbocycles. The number of alkyl halides is 3. The van der Waals surface area contributed by atoms with Crippen molar-refractivity contribution >= 4 is 34.8 Å².